The van der Waals surface area contributed by atoms with Crippen molar-refractivity contribution in [3.05, 3.63) is 58.1 Å². The van der Waals surface area contributed by atoms with E-state index in [0.29, 0.717) is 35.9 Å². The fraction of sp³-hybridized carbons (Fsp3) is 0.464. The van der Waals surface area contributed by atoms with Gasteiger partial charge in [0.05, 0.1) is 29.0 Å². The summed E-state index contributed by atoms with van der Waals surface area (Å²) in [5, 5.41) is 3.36. The molecule has 1 atom stereocenters. The molecule has 0 aliphatic heterocycles. The van der Waals surface area contributed by atoms with Crippen LogP contribution in [0.3, 0.4) is 0 Å². The van der Waals surface area contributed by atoms with E-state index < -0.39 is 5.97 Å². The fourth-order valence-corrected chi connectivity index (χ4v) is 4.51. The number of ether oxygens (including phenoxy) is 1. The van der Waals surface area contributed by atoms with E-state index in [1.807, 2.05) is 0 Å². The maximum absolute atomic E-state index is 13.5. The van der Waals surface area contributed by atoms with E-state index in [4.69, 9.17) is 10.5 Å². The molecule has 1 aliphatic rings. The predicted molar refractivity (Wildman–Crippen MR) is 136 cm³/mol. The van der Waals surface area contributed by atoms with Gasteiger partial charge in [0, 0.05) is 23.4 Å². The van der Waals surface area contributed by atoms with Crippen LogP contribution in [0.2, 0.25) is 0 Å². The Hall–Kier alpha value is -3.15. The topological polar surface area (TPSA) is 98.5 Å². The lowest BCUT2D eigenvalue weighted by Crippen LogP contribution is -2.26. The molecule has 34 heavy (non-hydrogen) atoms. The zero-order valence-electron chi connectivity index (χ0n) is 20.5. The number of rotatable bonds is 12. The number of carbonyl (C=O) groups excluding carboxylic acids is 3. The first-order valence-electron chi connectivity index (χ1n) is 12.5. The van der Waals surface area contributed by atoms with Crippen LogP contribution in [0.4, 0.5) is 11.4 Å². The van der Waals surface area contributed by atoms with Crippen LogP contribution in [0, 0.1) is 5.92 Å². The largest absolute Gasteiger partial charge is 0.462 e. The Morgan fingerprint density at radius 3 is 2.26 bits per heavy atom. The summed E-state index contributed by atoms with van der Waals surface area (Å²) in [6.07, 6.45) is 7.02. The number of fused-ring (bicyclic) bond motifs is 2. The van der Waals surface area contributed by atoms with Crippen molar-refractivity contribution < 1.29 is 19.1 Å². The van der Waals surface area contributed by atoms with Gasteiger partial charge in [-0.1, -0.05) is 77.1 Å². The van der Waals surface area contributed by atoms with Crippen molar-refractivity contribution >= 4 is 28.9 Å². The maximum atomic E-state index is 13.5. The highest BCUT2D eigenvalue weighted by Crippen LogP contribution is 2.38. The van der Waals surface area contributed by atoms with Crippen molar-refractivity contribution in [2.45, 2.75) is 65.7 Å². The van der Waals surface area contributed by atoms with Crippen molar-refractivity contribution in [3.63, 3.8) is 0 Å². The van der Waals surface area contributed by atoms with Crippen LogP contribution in [-0.2, 0) is 4.74 Å². The first kappa shape index (κ1) is 25.5. The third-order valence-corrected chi connectivity index (χ3v) is 6.54. The number of carbonyl (C=O) groups is 3. The number of anilines is 2. The summed E-state index contributed by atoms with van der Waals surface area (Å²) in [7, 11) is 0. The molecule has 6 heteroatoms. The molecule has 3 N–H and O–H groups in total. The summed E-state index contributed by atoms with van der Waals surface area (Å²) >= 11 is 0. The minimum Gasteiger partial charge on any atom is -0.462 e. The lowest BCUT2D eigenvalue weighted by atomic mass is 9.81. The number of unbranched alkanes of at least 4 members (excludes halogenated alkanes) is 3. The van der Waals surface area contributed by atoms with E-state index in [2.05, 4.69) is 26.1 Å². The summed E-state index contributed by atoms with van der Waals surface area (Å²) in [6.45, 7) is 7.32. The van der Waals surface area contributed by atoms with Crippen LogP contribution in [0.25, 0.3) is 0 Å². The highest BCUT2D eigenvalue weighted by Gasteiger charge is 2.35. The molecule has 182 valence electrons. The summed E-state index contributed by atoms with van der Waals surface area (Å²) in [6, 6.07) is 8.32. The molecule has 0 saturated heterocycles. The van der Waals surface area contributed by atoms with Crippen molar-refractivity contribution in [1.29, 1.82) is 0 Å². The van der Waals surface area contributed by atoms with Gasteiger partial charge in [0.1, 0.15) is 0 Å². The van der Waals surface area contributed by atoms with Crippen LogP contribution in [-0.4, -0.2) is 30.7 Å². The molecule has 0 aromatic heterocycles. The molecule has 0 heterocycles. The quantitative estimate of drug-likeness (QED) is 0.193. The van der Waals surface area contributed by atoms with Gasteiger partial charge in [0.15, 0.2) is 11.6 Å². The van der Waals surface area contributed by atoms with Crippen molar-refractivity contribution in [1.82, 2.24) is 0 Å². The third-order valence-electron chi connectivity index (χ3n) is 6.54. The number of esters is 1. The molecule has 2 aromatic rings. The van der Waals surface area contributed by atoms with Gasteiger partial charge in [-0.2, -0.15) is 0 Å². The van der Waals surface area contributed by atoms with Crippen molar-refractivity contribution in [3.8, 4) is 0 Å². The molecule has 1 unspecified atom stereocenters. The second-order valence-corrected chi connectivity index (χ2v) is 8.98. The Kier molecular flexibility index (Phi) is 8.85. The predicted octanol–water partition coefficient (Wildman–Crippen LogP) is 6.02. The molecule has 6 nitrogen and oxygen atoms in total. The third kappa shape index (κ3) is 5.32. The number of ketones is 2. The molecular formula is C28H36N2O4. The van der Waals surface area contributed by atoms with E-state index in [9.17, 15) is 14.4 Å². The summed E-state index contributed by atoms with van der Waals surface area (Å²) in [5.74, 6) is -0.764. The van der Waals surface area contributed by atoms with Crippen LogP contribution in [0.15, 0.2) is 30.3 Å². The van der Waals surface area contributed by atoms with Gasteiger partial charge >= 0.3 is 5.97 Å². The van der Waals surface area contributed by atoms with Gasteiger partial charge in [-0.05, 0) is 24.8 Å². The molecule has 0 saturated carbocycles. The summed E-state index contributed by atoms with van der Waals surface area (Å²) in [5.41, 5.74) is 7.96. The lowest BCUT2D eigenvalue weighted by Gasteiger charge is -2.25. The highest BCUT2D eigenvalue weighted by molar-refractivity contribution is 6.32. The smallest absolute Gasteiger partial charge is 0.340 e. The van der Waals surface area contributed by atoms with Gasteiger partial charge in [0.25, 0.3) is 0 Å². The summed E-state index contributed by atoms with van der Waals surface area (Å²) in [4.78, 5) is 39.8. The lowest BCUT2D eigenvalue weighted by molar-refractivity contribution is 0.0499. The van der Waals surface area contributed by atoms with Gasteiger partial charge in [-0.15, -0.1) is 0 Å². The highest BCUT2D eigenvalue weighted by atomic mass is 16.5. The molecule has 2 aromatic carbocycles. The average Bonchev–Trinajstić information content (AvgIpc) is 2.85. The number of nitrogens with two attached hydrogens (primary N) is 1. The second kappa shape index (κ2) is 11.8. The first-order chi connectivity index (χ1) is 16.4. The molecule has 0 amide bonds. The normalized spacial score (nSPS) is 13.3. The van der Waals surface area contributed by atoms with E-state index in [0.717, 1.165) is 44.9 Å². The zero-order valence-corrected chi connectivity index (χ0v) is 20.5. The monoisotopic (exact) mass is 464 g/mol. The Bertz CT molecular complexity index is 1060. The second-order valence-electron chi connectivity index (χ2n) is 8.98. The first-order valence-corrected chi connectivity index (χ1v) is 12.5. The van der Waals surface area contributed by atoms with Gasteiger partial charge in [-0.25, -0.2) is 4.79 Å². The number of nitrogen functional groups attached to an aromatic ring is 1. The van der Waals surface area contributed by atoms with Gasteiger partial charge in [-0.3, -0.25) is 9.59 Å². The molecule has 3 rings (SSSR count). The average molecular weight is 465 g/mol. The Morgan fingerprint density at radius 1 is 0.971 bits per heavy atom. The molecule has 0 radical (unpaired) electrons. The number of nitrogens with one attached hydrogen (secondary N) is 1. The Balaban J connectivity index is 2.01. The Morgan fingerprint density at radius 2 is 1.65 bits per heavy atom. The van der Waals surface area contributed by atoms with Crippen LogP contribution >= 0.6 is 0 Å². The number of hydrogen-bond donors (Lipinski definition) is 2. The molecule has 0 fully saturated rings. The molecule has 0 spiro atoms. The van der Waals surface area contributed by atoms with Gasteiger partial charge < -0.3 is 15.8 Å². The summed E-state index contributed by atoms with van der Waals surface area (Å²) < 4.78 is 5.48. The van der Waals surface area contributed by atoms with Crippen molar-refractivity contribution in [2.75, 3.05) is 24.2 Å². The van der Waals surface area contributed by atoms with Crippen LogP contribution in [0.1, 0.15) is 108 Å². The minimum absolute atomic E-state index is 0.00700. The fourth-order valence-electron chi connectivity index (χ4n) is 4.51. The van der Waals surface area contributed by atoms with Crippen LogP contribution in [0.5, 0.6) is 0 Å². The van der Waals surface area contributed by atoms with Gasteiger partial charge in [0.2, 0.25) is 0 Å². The number of benzene rings is 2. The van der Waals surface area contributed by atoms with E-state index >= 15 is 0 Å². The van der Waals surface area contributed by atoms with Crippen molar-refractivity contribution in [2.24, 2.45) is 5.92 Å². The van der Waals surface area contributed by atoms with Crippen LogP contribution < -0.4 is 11.1 Å². The molecule has 0 bridgehead atoms. The van der Waals surface area contributed by atoms with E-state index in [1.165, 1.54) is 0 Å². The molecule has 1 aliphatic carbocycles. The molecular weight excluding hydrogens is 428 g/mol. The minimum atomic E-state index is -0.570. The standard InChI is InChI=1S/C28H36N2O4/c1-4-7-8-11-15-34-28(33)21-16-22(30-17-18(6-3)12-5-2)23-24(25(21)29)27(32)20-14-10-9-13-19(20)26(23)31/h9-10,13-14,16,18,30H,4-8,11-12,15,17,29H2,1-3H3. The van der Waals surface area contributed by atoms with E-state index in [1.54, 1.807) is 30.3 Å². The SMILES string of the molecule is CCCCCCOC(=O)c1cc(NCC(CC)CCC)c2c(c1N)C(=O)c1ccccc1C2=O. The van der Waals surface area contributed by atoms with E-state index in [-0.39, 0.29) is 33.9 Å². The zero-order chi connectivity index (χ0) is 24.7. The maximum Gasteiger partial charge on any atom is 0.340 e. The number of hydrogen-bond acceptors (Lipinski definition) is 6. The Labute approximate surface area is 202 Å².